The Hall–Kier alpha value is -5.86. The van der Waals surface area contributed by atoms with Gasteiger partial charge in [-0.1, -0.05) is 147 Å². The first-order valence-corrected chi connectivity index (χ1v) is 18.2. The summed E-state index contributed by atoms with van der Waals surface area (Å²) in [6, 6.07) is 48.7. The maximum Gasteiger partial charge on any atom is 0.243 e. The molecule has 1 aliphatic rings. The second-order valence-corrected chi connectivity index (χ2v) is 15.1. The number of hydrogen-bond donors (Lipinski definition) is 0. The zero-order valence-corrected chi connectivity index (χ0v) is 29.6. The Kier molecular flexibility index (Phi) is 5.74. The van der Waals surface area contributed by atoms with E-state index in [0.717, 1.165) is 0 Å². The number of nitrogens with zero attached hydrogens (tertiary/aromatic N) is 1. The fourth-order valence-corrected chi connectivity index (χ4v) is 10.3. The van der Waals surface area contributed by atoms with Crippen molar-refractivity contribution in [2.45, 2.75) is 34.6 Å². The first kappa shape index (κ1) is 28.9. The molecule has 0 bridgehead atoms. The molecule has 240 valence electrons. The zero-order chi connectivity index (χ0) is 34.3. The molecule has 0 radical (unpaired) electrons. The van der Waals surface area contributed by atoms with Crippen molar-refractivity contribution in [3.8, 4) is 16.8 Å². The van der Waals surface area contributed by atoms with Crippen LogP contribution in [0.4, 0.5) is 0 Å². The third-order valence-corrected chi connectivity index (χ3v) is 12.0. The lowest BCUT2D eigenvalue weighted by molar-refractivity contribution is 1.20. The number of fused-ring (bicyclic) bond motifs is 8. The van der Waals surface area contributed by atoms with Gasteiger partial charge in [-0.25, -0.2) is 0 Å². The van der Waals surface area contributed by atoms with Crippen LogP contribution in [-0.2, 0) is 0 Å². The molecule has 0 atom stereocenters. The van der Waals surface area contributed by atoms with E-state index in [9.17, 15) is 0 Å². The van der Waals surface area contributed by atoms with Crippen LogP contribution >= 0.6 is 0 Å². The number of hydrogen-bond acceptors (Lipinski definition) is 0. The van der Waals surface area contributed by atoms with Crippen LogP contribution in [-0.4, -0.2) is 11.3 Å². The van der Waals surface area contributed by atoms with Gasteiger partial charge in [0.1, 0.15) is 0 Å². The van der Waals surface area contributed by atoms with E-state index in [0.29, 0.717) is 0 Å². The Morgan fingerprint density at radius 1 is 0.412 bits per heavy atom. The first-order valence-electron chi connectivity index (χ1n) is 18.2. The molecule has 0 saturated carbocycles. The lowest BCUT2D eigenvalue weighted by atomic mass is 9.32. The van der Waals surface area contributed by atoms with Gasteiger partial charge in [-0.15, -0.1) is 0 Å². The maximum absolute atomic E-state index is 2.51. The van der Waals surface area contributed by atoms with Crippen molar-refractivity contribution < 1.29 is 0 Å². The van der Waals surface area contributed by atoms with Crippen LogP contribution in [0, 0.1) is 34.6 Å². The molecule has 0 N–H and O–H groups in total. The van der Waals surface area contributed by atoms with Crippen molar-refractivity contribution in [3.63, 3.8) is 0 Å². The van der Waals surface area contributed by atoms with E-state index in [1.54, 1.807) is 0 Å². The molecule has 0 spiro atoms. The third kappa shape index (κ3) is 3.72. The lowest BCUT2D eigenvalue weighted by Gasteiger charge is -2.32. The standard InChI is InChI=1S/C49H36BN/c1-27-22-29(3)48(30(4)23-27)50-40-20-19-37-33-12-6-7-15-36(33)46-43(51-41-16-10-8-13-34(41)35-14-9-11-17-42(35)51)21-18-32-26-38(45(40)47(37)44(32)46)39-25-28(2)24-31(5)49(39)50/h6-26H,1-5H3. The molecular formula is C49H36BN. The fourth-order valence-electron chi connectivity index (χ4n) is 10.3. The monoisotopic (exact) mass is 649 g/mol. The van der Waals surface area contributed by atoms with Crippen molar-refractivity contribution in [3.05, 3.63) is 155 Å². The highest BCUT2D eigenvalue weighted by Gasteiger charge is 2.36. The van der Waals surface area contributed by atoms with Gasteiger partial charge in [0.15, 0.2) is 0 Å². The van der Waals surface area contributed by atoms with Crippen molar-refractivity contribution in [2.75, 3.05) is 0 Å². The molecule has 10 aromatic rings. The number of benzene rings is 9. The van der Waals surface area contributed by atoms with Crippen molar-refractivity contribution >= 4 is 88.0 Å². The van der Waals surface area contributed by atoms with Gasteiger partial charge < -0.3 is 4.57 Å². The summed E-state index contributed by atoms with van der Waals surface area (Å²) in [6.07, 6.45) is 0. The highest BCUT2D eigenvalue weighted by molar-refractivity contribution is 6.99. The second-order valence-electron chi connectivity index (χ2n) is 15.1. The SMILES string of the molecule is Cc1cc(C)c(B2c3c(C)cc(C)cc3-c3cc4ccc(-n5c6ccccc6c6ccccc65)c5c6ccccc6c6ccc2c3c6c45)c(C)c1. The summed E-state index contributed by atoms with van der Waals surface area (Å²) in [5.74, 6) is 0. The van der Waals surface area contributed by atoms with Crippen molar-refractivity contribution in [1.82, 2.24) is 4.57 Å². The fraction of sp³-hybridized carbons (Fsp3) is 0.102. The van der Waals surface area contributed by atoms with Gasteiger partial charge in [-0.2, -0.15) is 0 Å². The Balaban J connectivity index is 1.38. The van der Waals surface area contributed by atoms with E-state index in [1.165, 1.54) is 126 Å². The van der Waals surface area contributed by atoms with E-state index in [4.69, 9.17) is 0 Å². The Bertz CT molecular complexity index is 3060. The van der Waals surface area contributed by atoms with Crippen molar-refractivity contribution in [1.29, 1.82) is 0 Å². The summed E-state index contributed by atoms with van der Waals surface area (Å²) in [6.45, 7) is 11.6. The molecule has 9 aromatic carbocycles. The molecule has 11 rings (SSSR count). The molecule has 2 heterocycles. The number of aromatic nitrogens is 1. The molecule has 1 nitrogen and oxygen atoms in total. The van der Waals surface area contributed by atoms with Crippen LogP contribution in [0.15, 0.2) is 127 Å². The summed E-state index contributed by atoms with van der Waals surface area (Å²) < 4.78 is 2.51. The summed E-state index contributed by atoms with van der Waals surface area (Å²) in [5, 5.41) is 13.3. The quantitative estimate of drug-likeness (QED) is 0.0998. The maximum atomic E-state index is 2.51. The van der Waals surface area contributed by atoms with Crippen LogP contribution in [0.3, 0.4) is 0 Å². The molecule has 1 aromatic heterocycles. The number of rotatable bonds is 2. The Morgan fingerprint density at radius 2 is 0.980 bits per heavy atom. The summed E-state index contributed by atoms with van der Waals surface area (Å²) in [5.41, 5.74) is 17.6. The minimum Gasteiger partial charge on any atom is -0.309 e. The van der Waals surface area contributed by atoms with Gasteiger partial charge in [0.25, 0.3) is 0 Å². The average molecular weight is 650 g/mol. The van der Waals surface area contributed by atoms with E-state index in [2.05, 4.69) is 167 Å². The smallest absolute Gasteiger partial charge is 0.243 e. The van der Waals surface area contributed by atoms with Crippen LogP contribution in [0.5, 0.6) is 0 Å². The highest BCUT2D eigenvalue weighted by atomic mass is 15.0. The summed E-state index contributed by atoms with van der Waals surface area (Å²) in [4.78, 5) is 0. The predicted molar refractivity (Wildman–Crippen MR) is 222 cm³/mol. The minimum atomic E-state index is 0.154. The van der Waals surface area contributed by atoms with Crippen LogP contribution < -0.4 is 16.4 Å². The largest absolute Gasteiger partial charge is 0.309 e. The van der Waals surface area contributed by atoms with Gasteiger partial charge in [0.05, 0.1) is 16.7 Å². The van der Waals surface area contributed by atoms with Gasteiger partial charge in [0, 0.05) is 21.5 Å². The summed E-state index contributed by atoms with van der Waals surface area (Å²) in [7, 11) is 0. The third-order valence-electron chi connectivity index (χ3n) is 12.0. The minimum absolute atomic E-state index is 0.154. The molecule has 0 fully saturated rings. The van der Waals surface area contributed by atoms with Gasteiger partial charge in [0.2, 0.25) is 6.71 Å². The zero-order valence-electron chi connectivity index (χ0n) is 29.6. The molecule has 0 aliphatic carbocycles. The molecule has 1 aliphatic heterocycles. The van der Waals surface area contributed by atoms with Gasteiger partial charge in [-0.05, 0) is 102 Å². The Labute approximate surface area is 298 Å². The van der Waals surface area contributed by atoms with Crippen LogP contribution in [0.25, 0.3) is 81.7 Å². The Morgan fingerprint density at radius 3 is 1.67 bits per heavy atom. The number of aryl methyl sites for hydroxylation is 5. The molecule has 0 amide bonds. The highest BCUT2D eigenvalue weighted by Crippen LogP contribution is 2.48. The predicted octanol–water partition coefficient (Wildman–Crippen LogP) is 10.9. The molecule has 0 unspecified atom stereocenters. The van der Waals surface area contributed by atoms with E-state index < -0.39 is 0 Å². The van der Waals surface area contributed by atoms with Crippen molar-refractivity contribution in [2.24, 2.45) is 0 Å². The van der Waals surface area contributed by atoms with Crippen LogP contribution in [0.2, 0.25) is 0 Å². The normalized spacial score (nSPS) is 12.8. The first-order chi connectivity index (χ1) is 24.9. The topological polar surface area (TPSA) is 4.93 Å². The lowest BCUT2D eigenvalue weighted by Crippen LogP contribution is -2.57. The van der Waals surface area contributed by atoms with E-state index in [-0.39, 0.29) is 6.71 Å². The van der Waals surface area contributed by atoms with E-state index >= 15 is 0 Å². The second kappa shape index (κ2) is 10.1. The molecule has 0 saturated heterocycles. The molecule has 51 heavy (non-hydrogen) atoms. The molecule has 2 heteroatoms. The van der Waals surface area contributed by atoms with Crippen LogP contribution in [0.1, 0.15) is 27.8 Å². The van der Waals surface area contributed by atoms with E-state index in [1.807, 2.05) is 0 Å². The average Bonchev–Trinajstić information content (AvgIpc) is 3.46. The number of para-hydroxylation sites is 2. The van der Waals surface area contributed by atoms with Gasteiger partial charge >= 0.3 is 0 Å². The summed E-state index contributed by atoms with van der Waals surface area (Å²) >= 11 is 0. The molecular weight excluding hydrogens is 613 g/mol. The van der Waals surface area contributed by atoms with Gasteiger partial charge in [-0.3, -0.25) is 0 Å².